The van der Waals surface area contributed by atoms with E-state index in [1.165, 1.54) is 6.07 Å². The molecule has 0 unspecified atom stereocenters. The van der Waals surface area contributed by atoms with Crippen LogP contribution in [0.2, 0.25) is 0 Å². The number of benzene rings is 1. The Hall–Kier alpha value is -2.05. The number of rotatable bonds is 1. The number of aromatic amines is 1. The quantitative estimate of drug-likeness (QED) is 0.773. The number of nitrogens with two attached hydrogens (primary N) is 1. The van der Waals surface area contributed by atoms with Crippen LogP contribution in [0.4, 0.5) is 23.4 Å². The van der Waals surface area contributed by atoms with Crippen molar-refractivity contribution in [3.8, 4) is 11.3 Å². The molecular weight excluding hydrogens is 250 g/mol. The minimum atomic E-state index is -4.74. The highest BCUT2D eigenvalue weighted by molar-refractivity contribution is 5.68. The number of aromatic nitrogens is 2. The van der Waals surface area contributed by atoms with E-state index in [9.17, 15) is 17.6 Å². The number of halogens is 4. The first-order valence-corrected chi connectivity index (χ1v) is 4.99. The third-order valence-electron chi connectivity index (χ3n) is 2.62. The number of hydrogen-bond donors (Lipinski definition) is 2. The Balaban J connectivity index is 2.64. The number of nitrogen functional groups attached to an aromatic ring is 1. The second-order valence-corrected chi connectivity index (χ2v) is 3.77. The number of hydrogen-bond acceptors (Lipinski definition) is 2. The second kappa shape index (κ2) is 4.01. The third-order valence-corrected chi connectivity index (χ3v) is 2.62. The molecule has 2 rings (SSSR count). The van der Waals surface area contributed by atoms with E-state index in [-0.39, 0.29) is 17.1 Å². The Morgan fingerprint density at radius 2 is 1.94 bits per heavy atom. The van der Waals surface area contributed by atoms with Gasteiger partial charge in [0.05, 0.1) is 11.3 Å². The molecule has 2 aromatic rings. The van der Waals surface area contributed by atoms with Crippen LogP contribution in [0, 0.1) is 12.7 Å². The van der Waals surface area contributed by atoms with Crippen LogP contribution in [0.3, 0.4) is 0 Å². The maximum atomic E-state index is 13.8. The molecule has 0 aliphatic rings. The smallest absolute Gasteiger partial charge is 0.382 e. The van der Waals surface area contributed by atoms with Gasteiger partial charge in [-0.15, -0.1) is 0 Å². The molecule has 0 atom stereocenters. The van der Waals surface area contributed by atoms with Crippen LogP contribution in [0.5, 0.6) is 0 Å². The van der Waals surface area contributed by atoms with Gasteiger partial charge in [0.15, 0.2) is 0 Å². The van der Waals surface area contributed by atoms with Crippen molar-refractivity contribution in [3.05, 3.63) is 35.1 Å². The normalized spacial score (nSPS) is 11.8. The summed E-state index contributed by atoms with van der Waals surface area (Å²) in [6.45, 7) is 1.55. The summed E-state index contributed by atoms with van der Waals surface area (Å²) in [7, 11) is 0. The van der Waals surface area contributed by atoms with Gasteiger partial charge in [0.2, 0.25) is 0 Å². The largest absolute Gasteiger partial charge is 0.419 e. The van der Waals surface area contributed by atoms with E-state index in [0.717, 1.165) is 6.07 Å². The SMILES string of the molecule is Cc1c(N)n[nH]c1-c1cccc(C(F)(F)F)c1F. The Kier molecular flexibility index (Phi) is 2.76. The number of H-pyrrole nitrogens is 1. The third kappa shape index (κ3) is 1.92. The minimum absolute atomic E-state index is 0.127. The zero-order valence-corrected chi connectivity index (χ0v) is 9.27. The summed E-state index contributed by atoms with van der Waals surface area (Å²) in [5.74, 6) is -1.21. The molecule has 3 N–H and O–H groups in total. The predicted octanol–water partition coefficient (Wildman–Crippen LogP) is 3.13. The van der Waals surface area contributed by atoms with E-state index >= 15 is 0 Å². The molecule has 3 nitrogen and oxygen atoms in total. The fraction of sp³-hybridized carbons (Fsp3) is 0.182. The first kappa shape index (κ1) is 12.4. The molecule has 0 spiro atoms. The van der Waals surface area contributed by atoms with E-state index in [2.05, 4.69) is 10.2 Å². The maximum absolute atomic E-state index is 13.8. The summed E-state index contributed by atoms with van der Waals surface area (Å²) in [6.07, 6.45) is -4.74. The van der Waals surface area contributed by atoms with Gasteiger partial charge in [-0.05, 0) is 19.1 Å². The van der Waals surface area contributed by atoms with Crippen LogP contribution in [0.15, 0.2) is 18.2 Å². The van der Waals surface area contributed by atoms with Crippen LogP contribution in [0.25, 0.3) is 11.3 Å². The second-order valence-electron chi connectivity index (χ2n) is 3.77. The summed E-state index contributed by atoms with van der Waals surface area (Å²) in [6, 6.07) is 3.07. The topological polar surface area (TPSA) is 54.7 Å². The molecule has 1 aromatic carbocycles. The Bertz CT molecular complexity index is 586. The molecule has 1 aromatic heterocycles. The Labute approximate surface area is 99.6 Å². The molecular formula is C11H9F4N3. The van der Waals surface area contributed by atoms with Crippen LogP contribution < -0.4 is 5.73 Å². The monoisotopic (exact) mass is 259 g/mol. The number of nitrogens with zero attached hydrogens (tertiary/aromatic N) is 1. The van der Waals surface area contributed by atoms with Crippen LogP contribution in [0.1, 0.15) is 11.1 Å². The summed E-state index contributed by atoms with van der Waals surface area (Å²) >= 11 is 0. The predicted molar refractivity (Wildman–Crippen MR) is 58.1 cm³/mol. The van der Waals surface area contributed by atoms with E-state index in [1.807, 2.05) is 0 Å². The molecule has 0 saturated carbocycles. The molecule has 0 radical (unpaired) electrons. The van der Waals surface area contributed by atoms with Crippen molar-refractivity contribution in [1.29, 1.82) is 0 Å². The first-order chi connectivity index (χ1) is 8.32. The van der Waals surface area contributed by atoms with E-state index in [0.29, 0.717) is 11.6 Å². The van der Waals surface area contributed by atoms with Gasteiger partial charge in [0.1, 0.15) is 11.6 Å². The molecule has 0 aliphatic carbocycles. The fourth-order valence-corrected chi connectivity index (χ4v) is 1.62. The number of nitrogens with one attached hydrogen (secondary N) is 1. The van der Waals surface area contributed by atoms with Crippen LogP contribution >= 0.6 is 0 Å². The molecule has 0 bridgehead atoms. The lowest BCUT2D eigenvalue weighted by Crippen LogP contribution is -2.09. The van der Waals surface area contributed by atoms with Gasteiger partial charge in [0.25, 0.3) is 0 Å². The Morgan fingerprint density at radius 3 is 2.44 bits per heavy atom. The van der Waals surface area contributed by atoms with Crippen molar-refractivity contribution in [2.24, 2.45) is 0 Å². The Morgan fingerprint density at radius 1 is 1.28 bits per heavy atom. The van der Waals surface area contributed by atoms with Crippen molar-refractivity contribution < 1.29 is 17.6 Å². The van der Waals surface area contributed by atoms with Gasteiger partial charge in [-0.2, -0.15) is 18.3 Å². The van der Waals surface area contributed by atoms with Crippen molar-refractivity contribution in [2.45, 2.75) is 13.1 Å². The molecule has 96 valence electrons. The van der Waals surface area contributed by atoms with Gasteiger partial charge >= 0.3 is 6.18 Å². The van der Waals surface area contributed by atoms with Gasteiger partial charge in [-0.25, -0.2) is 4.39 Å². The first-order valence-electron chi connectivity index (χ1n) is 4.99. The highest BCUT2D eigenvalue weighted by Crippen LogP contribution is 2.36. The van der Waals surface area contributed by atoms with E-state index in [4.69, 9.17) is 5.73 Å². The van der Waals surface area contributed by atoms with Crippen LogP contribution in [-0.4, -0.2) is 10.2 Å². The zero-order valence-electron chi connectivity index (χ0n) is 9.27. The van der Waals surface area contributed by atoms with Gasteiger partial charge in [-0.1, -0.05) is 6.07 Å². The fourth-order valence-electron chi connectivity index (χ4n) is 1.62. The maximum Gasteiger partial charge on any atom is 0.419 e. The highest BCUT2D eigenvalue weighted by Gasteiger charge is 2.35. The molecule has 7 heteroatoms. The lowest BCUT2D eigenvalue weighted by molar-refractivity contribution is -0.139. The molecule has 0 aliphatic heterocycles. The van der Waals surface area contributed by atoms with E-state index in [1.54, 1.807) is 6.92 Å². The molecule has 0 fully saturated rings. The average molecular weight is 259 g/mol. The average Bonchev–Trinajstić information content (AvgIpc) is 2.59. The molecule has 18 heavy (non-hydrogen) atoms. The lowest BCUT2D eigenvalue weighted by atomic mass is 10.0. The summed E-state index contributed by atoms with van der Waals surface area (Å²) in [4.78, 5) is 0. The number of alkyl halides is 3. The standard InChI is InChI=1S/C11H9F4N3/c1-5-9(17-18-10(5)16)6-3-2-4-7(8(6)12)11(13,14)15/h2-4H,1H3,(H3,16,17,18). The minimum Gasteiger partial charge on any atom is -0.382 e. The summed E-state index contributed by atoms with van der Waals surface area (Å²) < 4.78 is 51.5. The summed E-state index contributed by atoms with van der Waals surface area (Å²) in [5, 5.41) is 6.06. The van der Waals surface area contributed by atoms with E-state index < -0.39 is 17.6 Å². The molecule has 0 saturated heterocycles. The van der Waals surface area contributed by atoms with Gasteiger partial charge in [0, 0.05) is 11.1 Å². The van der Waals surface area contributed by atoms with Gasteiger partial charge < -0.3 is 5.73 Å². The number of anilines is 1. The molecule has 1 heterocycles. The van der Waals surface area contributed by atoms with Crippen LogP contribution in [-0.2, 0) is 6.18 Å². The molecule has 0 amide bonds. The van der Waals surface area contributed by atoms with Crippen molar-refractivity contribution >= 4 is 5.82 Å². The lowest BCUT2D eigenvalue weighted by Gasteiger charge is -2.10. The van der Waals surface area contributed by atoms with Crippen molar-refractivity contribution in [3.63, 3.8) is 0 Å². The van der Waals surface area contributed by atoms with Crippen molar-refractivity contribution in [1.82, 2.24) is 10.2 Å². The highest BCUT2D eigenvalue weighted by atomic mass is 19.4. The van der Waals surface area contributed by atoms with Gasteiger partial charge in [-0.3, -0.25) is 5.10 Å². The summed E-state index contributed by atoms with van der Waals surface area (Å²) in [5.41, 5.74) is 4.51. The zero-order chi connectivity index (χ0) is 13.5. The van der Waals surface area contributed by atoms with Crippen molar-refractivity contribution in [2.75, 3.05) is 5.73 Å².